The molecule has 19 nitrogen and oxygen atoms in total. The number of aliphatic hydroxyl groups is 11. The number of amides is 1. The predicted molar refractivity (Wildman–Crippen MR) is 383 cm³/mol. The van der Waals surface area contributed by atoms with Crippen molar-refractivity contribution < 1.29 is 89.4 Å². The highest BCUT2D eigenvalue weighted by Gasteiger charge is 2.53. The van der Waals surface area contributed by atoms with Crippen LogP contribution in [0.5, 0.6) is 0 Å². The summed E-state index contributed by atoms with van der Waals surface area (Å²) in [6.45, 7) is 1.62. The second-order valence-electron chi connectivity index (χ2n) is 27.1. The molecule has 0 aromatic carbocycles. The third kappa shape index (κ3) is 39.3. The Labute approximate surface area is 584 Å². The van der Waals surface area contributed by atoms with Gasteiger partial charge in [-0.3, -0.25) is 4.79 Å². The zero-order chi connectivity index (χ0) is 70.4. The maximum atomic E-state index is 13.5. The van der Waals surface area contributed by atoms with Gasteiger partial charge in [-0.15, -0.1) is 0 Å². The Hall–Kier alpha value is -3.03. The van der Waals surface area contributed by atoms with Crippen molar-refractivity contribution in [3.05, 3.63) is 85.1 Å². The van der Waals surface area contributed by atoms with Crippen molar-refractivity contribution in [2.24, 2.45) is 0 Å². The number of rotatable bonds is 59. The van der Waals surface area contributed by atoms with Crippen LogP contribution < -0.4 is 5.32 Å². The second kappa shape index (κ2) is 58.5. The quantitative estimate of drug-likeness (QED) is 0.0199. The summed E-state index contributed by atoms with van der Waals surface area (Å²) >= 11 is 0. The molecule has 3 aliphatic heterocycles. The van der Waals surface area contributed by atoms with Gasteiger partial charge >= 0.3 is 0 Å². The van der Waals surface area contributed by atoms with Crippen LogP contribution in [0.2, 0.25) is 0 Å². The molecule has 0 aliphatic carbocycles. The highest BCUT2D eigenvalue weighted by molar-refractivity contribution is 5.76. The standard InChI is InChI=1S/C78H137NO18/c1-3-5-7-9-11-13-15-17-19-21-23-25-27-28-29-30-31-32-34-36-38-40-42-44-46-48-50-52-54-56-66(84)79-61(62(83)55-53-51-49-47-45-43-41-39-37-35-33-26-24-22-20-18-16-14-12-10-8-6-4-2)60-92-76-72(90)69(87)74(64(58-81)94-76)97-78-73(91)70(88)75(65(59-82)95-78)96-77-71(89)68(86)67(85)63(57-80)93-77/h5,7,11,13,17,19,23,25,37,39,45,47,53,55,61-65,67-78,80-83,85-91H,3-4,6,8-10,12,14-16,18,20-22,24,26-36,38,40-44,46,48-52,54,56-60H2,1-2H3,(H,79,84)/b7-5-,13-11-,19-17-,25-23-,39-37+,47-45+,55-53+. The minimum Gasteiger partial charge on any atom is -0.394 e. The van der Waals surface area contributed by atoms with Crippen molar-refractivity contribution in [3.63, 3.8) is 0 Å². The summed E-state index contributed by atoms with van der Waals surface area (Å²) in [5.41, 5.74) is 0. The third-order valence-corrected chi connectivity index (χ3v) is 18.7. The maximum absolute atomic E-state index is 13.5. The van der Waals surface area contributed by atoms with Gasteiger partial charge in [-0.2, -0.15) is 0 Å². The van der Waals surface area contributed by atoms with Gasteiger partial charge < -0.3 is 89.9 Å². The first kappa shape index (κ1) is 88.2. The Bertz CT molecular complexity index is 2080. The smallest absolute Gasteiger partial charge is 0.220 e. The topological polar surface area (TPSA) is 307 Å². The Morgan fingerprint density at radius 3 is 1.15 bits per heavy atom. The lowest BCUT2D eigenvalue weighted by Crippen LogP contribution is -2.66. The Balaban J connectivity index is 1.41. The van der Waals surface area contributed by atoms with Crippen LogP contribution in [0, 0.1) is 0 Å². The summed E-state index contributed by atoms with van der Waals surface area (Å²) in [6, 6.07) is -1.00. The number of nitrogens with one attached hydrogen (secondary N) is 1. The van der Waals surface area contributed by atoms with Gasteiger partial charge in [-0.25, -0.2) is 0 Å². The zero-order valence-electron chi connectivity index (χ0n) is 59.8. The number of ether oxygens (including phenoxy) is 6. The summed E-state index contributed by atoms with van der Waals surface area (Å²) in [4.78, 5) is 13.5. The molecular formula is C78H137NO18. The average molecular weight is 1380 g/mol. The largest absolute Gasteiger partial charge is 0.394 e. The fourth-order valence-electron chi connectivity index (χ4n) is 12.5. The number of carbonyl (C=O) groups is 1. The lowest BCUT2D eigenvalue weighted by Gasteiger charge is -2.48. The van der Waals surface area contributed by atoms with E-state index in [1.54, 1.807) is 6.08 Å². The van der Waals surface area contributed by atoms with Gasteiger partial charge in [-0.05, 0) is 83.5 Å². The van der Waals surface area contributed by atoms with E-state index in [0.717, 1.165) is 70.6 Å². The van der Waals surface area contributed by atoms with Crippen LogP contribution in [0.15, 0.2) is 85.1 Å². The molecule has 97 heavy (non-hydrogen) atoms. The summed E-state index contributed by atoms with van der Waals surface area (Å²) in [5.74, 6) is -0.290. The van der Waals surface area contributed by atoms with Crippen molar-refractivity contribution >= 4 is 5.91 Å². The van der Waals surface area contributed by atoms with E-state index in [1.165, 1.54) is 167 Å². The highest BCUT2D eigenvalue weighted by Crippen LogP contribution is 2.33. The van der Waals surface area contributed by atoms with E-state index in [4.69, 9.17) is 28.4 Å². The molecule has 0 saturated carbocycles. The molecule has 17 atom stereocenters. The normalized spacial score (nSPS) is 27.4. The van der Waals surface area contributed by atoms with E-state index in [-0.39, 0.29) is 18.9 Å². The fourth-order valence-corrected chi connectivity index (χ4v) is 12.5. The van der Waals surface area contributed by atoms with Crippen LogP contribution in [0.25, 0.3) is 0 Å². The first-order valence-corrected chi connectivity index (χ1v) is 38.3. The van der Waals surface area contributed by atoms with Gasteiger partial charge in [0.25, 0.3) is 0 Å². The Kier molecular flexibility index (Phi) is 53.2. The van der Waals surface area contributed by atoms with Crippen LogP contribution >= 0.6 is 0 Å². The molecule has 19 heteroatoms. The number of carbonyl (C=O) groups excluding carboxylic acids is 1. The van der Waals surface area contributed by atoms with Crippen LogP contribution in [-0.4, -0.2) is 193 Å². The molecule has 3 rings (SSSR count). The molecule has 0 aromatic heterocycles. The Morgan fingerprint density at radius 2 is 0.722 bits per heavy atom. The molecule has 3 aliphatic rings. The van der Waals surface area contributed by atoms with Crippen LogP contribution in [0.1, 0.15) is 271 Å². The molecule has 0 spiro atoms. The molecule has 0 bridgehead atoms. The van der Waals surface area contributed by atoms with Gasteiger partial charge in [0.15, 0.2) is 18.9 Å². The van der Waals surface area contributed by atoms with Crippen molar-refractivity contribution in [1.82, 2.24) is 5.32 Å². The van der Waals surface area contributed by atoms with Crippen molar-refractivity contribution in [2.45, 2.75) is 375 Å². The second-order valence-corrected chi connectivity index (χ2v) is 27.1. The number of unbranched alkanes of at least 4 members (excludes halogenated alkanes) is 31. The minimum absolute atomic E-state index is 0.229. The van der Waals surface area contributed by atoms with E-state index in [9.17, 15) is 61.0 Å². The molecule has 1 amide bonds. The van der Waals surface area contributed by atoms with Crippen molar-refractivity contribution in [3.8, 4) is 0 Å². The number of hydrogen-bond donors (Lipinski definition) is 12. The van der Waals surface area contributed by atoms with Gasteiger partial charge in [0.2, 0.25) is 5.91 Å². The van der Waals surface area contributed by atoms with Crippen LogP contribution in [0.4, 0.5) is 0 Å². The zero-order valence-corrected chi connectivity index (χ0v) is 59.8. The molecule has 3 fully saturated rings. The SMILES string of the molecule is CC/C=C\C/C=C\C/C=C\C/C=C\CCCCCCCCCCCCCCCCCCC(=O)NC(COC1OC(CO)C(OC2OC(CO)C(OC3OC(CO)C(O)C(O)C3O)C(O)C2O)C(O)C1O)C(O)/C=C/CC/C=C/CC/C=C/CCCCCCCCCCCCCCC. The summed E-state index contributed by atoms with van der Waals surface area (Å²) in [5, 5.41) is 121. The van der Waals surface area contributed by atoms with E-state index >= 15 is 0 Å². The van der Waals surface area contributed by atoms with Gasteiger partial charge in [0.05, 0.1) is 38.6 Å². The van der Waals surface area contributed by atoms with Crippen molar-refractivity contribution in [1.29, 1.82) is 0 Å². The van der Waals surface area contributed by atoms with E-state index in [2.05, 4.69) is 92.1 Å². The van der Waals surface area contributed by atoms with Crippen LogP contribution in [0.3, 0.4) is 0 Å². The highest BCUT2D eigenvalue weighted by atomic mass is 16.8. The summed E-state index contributed by atoms with van der Waals surface area (Å²) in [6.07, 6.45) is 49.9. The minimum atomic E-state index is -1.99. The molecule has 562 valence electrons. The van der Waals surface area contributed by atoms with Crippen LogP contribution in [-0.2, 0) is 33.2 Å². The molecule has 3 saturated heterocycles. The molecule has 12 N–H and O–H groups in total. The monoisotopic (exact) mass is 1380 g/mol. The molecule has 0 radical (unpaired) electrons. The van der Waals surface area contributed by atoms with Crippen molar-refractivity contribution in [2.75, 3.05) is 26.4 Å². The summed E-state index contributed by atoms with van der Waals surface area (Å²) in [7, 11) is 0. The Morgan fingerprint density at radius 1 is 0.381 bits per heavy atom. The average Bonchev–Trinajstić information content (AvgIpc) is 0.789. The van der Waals surface area contributed by atoms with E-state index in [1.807, 2.05) is 6.08 Å². The van der Waals surface area contributed by atoms with E-state index in [0.29, 0.717) is 12.8 Å². The molecular weight excluding hydrogens is 1240 g/mol. The first-order valence-electron chi connectivity index (χ1n) is 38.3. The fraction of sp³-hybridized carbons (Fsp3) is 0.808. The summed E-state index contributed by atoms with van der Waals surface area (Å²) < 4.78 is 34.4. The van der Waals surface area contributed by atoms with Gasteiger partial charge in [0.1, 0.15) is 73.2 Å². The molecule has 17 unspecified atom stereocenters. The third-order valence-electron chi connectivity index (χ3n) is 18.7. The lowest BCUT2D eigenvalue weighted by atomic mass is 9.96. The molecule has 3 heterocycles. The van der Waals surface area contributed by atoms with Gasteiger partial charge in [0, 0.05) is 6.42 Å². The maximum Gasteiger partial charge on any atom is 0.220 e. The first-order chi connectivity index (χ1) is 47.3. The van der Waals surface area contributed by atoms with Gasteiger partial charge in [-0.1, -0.05) is 266 Å². The predicted octanol–water partition coefficient (Wildman–Crippen LogP) is 11.8. The van der Waals surface area contributed by atoms with E-state index < -0.39 is 124 Å². The lowest BCUT2D eigenvalue weighted by molar-refractivity contribution is -0.379. The molecule has 0 aromatic rings. The number of hydrogen-bond acceptors (Lipinski definition) is 18. The number of allylic oxidation sites excluding steroid dienone is 13. The number of aliphatic hydroxyl groups excluding tert-OH is 11.